The largest absolute Gasteiger partial charge is 0.379 e. The first-order valence-electron chi connectivity index (χ1n) is 4.15. The first-order chi connectivity index (χ1) is 6.12. The van der Waals surface area contributed by atoms with Crippen molar-refractivity contribution in [1.82, 2.24) is 0 Å². The van der Waals surface area contributed by atoms with Gasteiger partial charge in [-0.3, -0.25) is 0 Å². The lowest BCUT2D eigenvalue weighted by Gasteiger charge is -2.38. The number of hydrogen-bond acceptors (Lipinski definition) is 1. The molecule has 2 rings (SSSR count). The summed E-state index contributed by atoms with van der Waals surface area (Å²) < 4.78 is 18.4. The van der Waals surface area contributed by atoms with E-state index >= 15 is 0 Å². The molecule has 0 spiro atoms. The van der Waals surface area contributed by atoms with Crippen molar-refractivity contribution in [3.63, 3.8) is 0 Å². The van der Waals surface area contributed by atoms with E-state index in [-0.39, 0.29) is 11.2 Å². The Hall–Kier alpha value is -0.600. The van der Waals surface area contributed by atoms with Gasteiger partial charge in [0, 0.05) is 10.4 Å². The second-order valence-corrected chi connectivity index (χ2v) is 4.11. The predicted octanol–water partition coefficient (Wildman–Crippen LogP) is 2.77. The molecule has 3 heteroatoms. The molecule has 0 saturated carbocycles. The molecule has 1 aliphatic rings. The zero-order valence-corrected chi connectivity index (χ0v) is 8.07. The molecule has 1 aliphatic heterocycles. The van der Waals surface area contributed by atoms with Gasteiger partial charge in [-0.15, -0.1) is 0 Å². The van der Waals surface area contributed by atoms with Gasteiger partial charge in [0.1, 0.15) is 5.82 Å². The van der Waals surface area contributed by atoms with E-state index in [1.54, 1.807) is 12.1 Å². The summed E-state index contributed by atoms with van der Waals surface area (Å²) in [5, 5.41) is 0.574. The fourth-order valence-corrected chi connectivity index (χ4v) is 1.70. The average Bonchev–Trinajstić information content (AvgIpc) is 2.05. The molecule has 0 N–H and O–H groups in total. The van der Waals surface area contributed by atoms with Gasteiger partial charge < -0.3 is 4.74 Å². The van der Waals surface area contributed by atoms with Gasteiger partial charge in [0.05, 0.1) is 13.2 Å². The number of rotatable bonds is 1. The minimum Gasteiger partial charge on any atom is -0.379 e. The normalized spacial score (nSPS) is 19.6. The minimum atomic E-state index is -0.199. The molecule has 0 bridgehead atoms. The van der Waals surface area contributed by atoms with E-state index in [1.165, 1.54) is 6.07 Å². The van der Waals surface area contributed by atoms with Gasteiger partial charge >= 0.3 is 0 Å². The third-order valence-electron chi connectivity index (χ3n) is 2.42. The molecule has 1 aromatic rings. The van der Waals surface area contributed by atoms with Crippen molar-refractivity contribution in [2.75, 3.05) is 13.2 Å². The number of halogens is 2. The quantitative estimate of drug-likeness (QED) is 0.678. The van der Waals surface area contributed by atoms with E-state index in [4.69, 9.17) is 16.3 Å². The van der Waals surface area contributed by atoms with Crippen molar-refractivity contribution in [1.29, 1.82) is 0 Å². The van der Waals surface area contributed by atoms with Crippen molar-refractivity contribution in [3.8, 4) is 0 Å². The van der Waals surface area contributed by atoms with Gasteiger partial charge in [-0.25, -0.2) is 4.39 Å². The van der Waals surface area contributed by atoms with E-state index in [0.717, 1.165) is 0 Å². The highest BCUT2D eigenvalue weighted by atomic mass is 35.5. The molecule has 70 valence electrons. The van der Waals surface area contributed by atoms with Gasteiger partial charge in [0.15, 0.2) is 0 Å². The Bertz CT molecular complexity index is 334. The van der Waals surface area contributed by atoms with Crippen LogP contribution in [-0.4, -0.2) is 13.2 Å². The molecule has 1 heterocycles. The Kier molecular flexibility index (Phi) is 2.05. The van der Waals surface area contributed by atoms with Crippen LogP contribution in [0.25, 0.3) is 0 Å². The first-order valence-corrected chi connectivity index (χ1v) is 4.53. The molecular formula is C10H10ClFO. The monoisotopic (exact) mass is 200 g/mol. The summed E-state index contributed by atoms with van der Waals surface area (Å²) in [6, 6.07) is 4.64. The molecule has 0 atom stereocenters. The van der Waals surface area contributed by atoms with E-state index in [2.05, 4.69) is 0 Å². The maximum Gasteiger partial charge on any atom is 0.127 e. The number of hydrogen-bond donors (Lipinski definition) is 0. The van der Waals surface area contributed by atoms with Gasteiger partial charge in [0.25, 0.3) is 0 Å². The summed E-state index contributed by atoms with van der Waals surface area (Å²) in [5.41, 5.74) is 0.473. The Morgan fingerprint density at radius 3 is 2.69 bits per heavy atom. The van der Waals surface area contributed by atoms with Crippen LogP contribution in [0.15, 0.2) is 18.2 Å². The second-order valence-electron chi connectivity index (χ2n) is 3.68. The molecular weight excluding hydrogens is 191 g/mol. The van der Waals surface area contributed by atoms with Crippen molar-refractivity contribution < 1.29 is 9.13 Å². The molecule has 0 aliphatic carbocycles. The topological polar surface area (TPSA) is 9.23 Å². The third-order valence-corrected chi connectivity index (χ3v) is 2.66. The van der Waals surface area contributed by atoms with Crippen molar-refractivity contribution in [2.24, 2.45) is 0 Å². The van der Waals surface area contributed by atoms with E-state index in [0.29, 0.717) is 23.8 Å². The SMILES string of the molecule is CC1(c2cc(Cl)ccc2F)COC1. The van der Waals surface area contributed by atoms with Crippen LogP contribution in [0.1, 0.15) is 12.5 Å². The van der Waals surface area contributed by atoms with Gasteiger partial charge in [-0.2, -0.15) is 0 Å². The van der Waals surface area contributed by atoms with Gasteiger partial charge in [-0.05, 0) is 23.8 Å². The van der Waals surface area contributed by atoms with Crippen LogP contribution in [0.3, 0.4) is 0 Å². The molecule has 13 heavy (non-hydrogen) atoms. The van der Waals surface area contributed by atoms with Crippen LogP contribution < -0.4 is 0 Å². The molecule has 1 saturated heterocycles. The molecule has 1 fully saturated rings. The van der Waals surface area contributed by atoms with E-state index < -0.39 is 0 Å². The summed E-state index contributed by atoms with van der Waals surface area (Å²) in [6.45, 7) is 3.12. The molecule has 0 amide bonds. The summed E-state index contributed by atoms with van der Waals surface area (Å²) in [6.07, 6.45) is 0. The van der Waals surface area contributed by atoms with Crippen LogP contribution in [0.4, 0.5) is 4.39 Å². The first kappa shape index (κ1) is 8.97. The summed E-state index contributed by atoms with van der Waals surface area (Å²) in [7, 11) is 0. The van der Waals surface area contributed by atoms with Crippen molar-refractivity contribution in [3.05, 3.63) is 34.6 Å². The summed E-state index contributed by atoms with van der Waals surface area (Å²) in [5.74, 6) is -0.199. The summed E-state index contributed by atoms with van der Waals surface area (Å²) in [4.78, 5) is 0. The van der Waals surface area contributed by atoms with Crippen LogP contribution >= 0.6 is 11.6 Å². The molecule has 1 nitrogen and oxygen atoms in total. The van der Waals surface area contributed by atoms with E-state index in [1.807, 2.05) is 6.92 Å². The maximum atomic E-state index is 13.4. The molecule has 0 radical (unpaired) electrons. The fraction of sp³-hybridized carbons (Fsp3) is 0.400. The van der Waals surface area contributed by atoms with Crippen LogP contribution in [-0.2, 0) is 10.2 Å². The third kappa shape index (κ3) is 1.45. The second kappa shape index (κ2) is 2.96. The Morgan fingerprint density at radius 2 is 2.15 bits per heavy atom. The lowest BCUT2D eigenvalue weighted by atomic mass is 9.80. The standard InChI is InChI=1S/C10H10ClFO/c1-10(5-13-6-10)8-4-7(11)2-3-9(8)12/h2-4H,5-6H2,1H3. The zero-order chi connectivity index (χ0) is 9.47. The summed E-state index contributed by atoms with van der Waals surface area (Å²) >= 11 is 5.80. The highest BCUT2D eigenvalue weighted by Gasteiger charge is 2.37. The lowest BCUT2D eigenvalue weighted by Crippen LogP contribution is -2.44. The minimum absolute atomic E-state index is 0.186. The smallest absolute Gasteiger partial charge is 0.127 e. The molecule has 0 unspecified atom stereocenters. The molecule has 0 aromatic heterocycles. The highest BCUT2D eigenvalue weighted by molar-refractivity contribution is 6.30. The highest BCUT2D eigenvalue weighted by Crippen LogP contribution is 2.34. The van der Waals surface area contributed by atoms with Gasteiger partial charge in [0.2, 0.25) is 0 Å². The predicted molar refractivity (Wildman–Crippen MR) is 49.6 cm³/mol. The average molecular weight is 201 g/mol. The van der Waals surface area contributed by atoms with Crippen molar-refractivity contribution in [2.45, 2.75) is 12.3 Å². The Labute approximate surface area is 81.5 Å². The van der Waals surface area contributed by atoms with Crippen LogP contribution in [0, 0.1) is 5.82 Å². The Morgan fingerprint density at radius 1 is 1.46 bits per heavy atom. The van der Waals surface area contributed by atoms with Gasteiger partial charge in [-0.1, -0.05) is 18.5 Å². The molecule has 1 aromatic carbocycles. The number of ether oxygens (including phenoxy) is 1. The zero-order valence-electron chi connectivity index (χ0n) is 7.31. The van der Waals surface area contributed by atoms with Crippen molar-refractivity contribution >= 4 is 11.6 Å². The van der Waals surface area contributed by atoms with Crippen LogP contribution in [0.5, 0.6) is 0 Å². The Balaban J connectivity index is 2.43. The number of benzene rings is 1. The van der Waals surface area contributed by atoms with E-state index in [9.17, 15) is 4.39 Å². The lowest BCUT2D eigenvalue weighted by molar-refractivity contribution is -0.0515. The van der Waals surface area contributed by atoms with Crippen LogP contribution in [0.2, 0.25) is 5.02 Å². The fourth-order valence-electron chi connectivity index (χ4n) is 1.52. The maximum absolute atomic E-state index is 13.4.